The number of hydrogen-bond donors (Lipinski definition) is 1. The molecule has 4 rings (SSSR count). The Bertz CT molecular complexity index is 1040. The maximum Gasteiger partial charge on any atom is 0.255 e. The van der Waals surface area contributed by atoms with E-state index in [0.717, 1.165) is 23.1 Å². The molecule has 1 aromatic heterocycles. The molecule has 1 saturated heterocycles. The first kappa shape index (κ1) is 20.1. The Hall–Kier alpha value is -3.18. The summed E-state index contributed by atoms with van der Waals surface area (Å²) < 4.78 is 0. The summed E-state index contributed by atoms with van der Waals surface area (Å²) in [4.78, 5) is 32.1. The zero-order valence-electron chi connectivity index (χ0n) is 16.4. The van der Waals surface area contributed by atoms with Crippen LogP contribution in [0.25, 0.3) is 11.1 Å². The first-order valence-corrected chi connectivity index (χ1v) is 10.3. The van der Waals surface area contributed by atoms with Crippen LogP contribution in [0.2, 0.25) is 5.02 Å². The number of hydrogen-bond acceptors (Lipinski definition) is 3. The molecule has 1 N–H and O–H groups in total. The second-order valence-electron chi connectivity index (χ2n) is 7.29. The van der Waals surface area contributed by atoms with E-state index >= 15 is 0 Å². The summed E-state index contributed by atoms with van der Waals surface area (Å²) in [6.07, 6.45) is 4.91. The molecule has 1 unspecified atom stereocenters. The van der Waals surface area contributed by atoms with Crippen LogP contribution >= 0.6 is 11.6 Å². The largest absolute Gasteiger partial charge is 0.350 e. The van der Waals surface area contributed by atoms with E-state index in [9.17, 15) is 9.59 Å². The summed E-state index contributed by atoms with van der Waals surface area (Å²) in [6.45, 7) is 0.972. The van der Waals surface area contributed by atoms with Gasteiger partial charge in [-0.05, 0) is 48.2 Å². The van der Waals surface area contributed by atoms with E-state index < -0.39 is 6.04 Å². The van der Waals surface area contributed by atoms with Gasteiger partial charge in [0.15, 0.2) is 0 Å². The van der Waals surface area contributed by atoms with Crippen molar-refractivity contribution in [3.8, 4) is 11.1 Å². The van der Waals surface area contributed by atoms with Crippen molar-refractivity contribution in [2.75, 3.05) is 6.54 Å². The van der Waals surface area contributed by atoms with Crippen molar-refractivity contribution < 1.29 is 9.59 Å². The summed E-state index contributed by atoms with van der Waals surface area (Å²) in [5.41, 5.74) is 3.25. The molecule has 1 aliphatic heterocycles. The van der Waals surface area contributed by atoms with Crippen molar-refractivity contribution in [2.24, 2.45) is 0 Å². The lowest BCUT2D eigenvalue weighted by molar-refractivity contribution is -0.125. The Kier molecular flexibility index (Phi) is 6.10. The molecule has 0 spiro atoms. The lowest BCUT2D eigenvalue weighted by atomic mass is 10.00. The fourth-order valence-electron chi connectivity index (χ4n) is 3.79. The highest BCUT2D eigenvalue weighted by molar-refractivity contribution is 6.30. The van der Waals surface area contributed by atoms with Gasteiger partial charge in [-0.2, -0.15) is 0 Å². The highest BCUT2D eigenvalue weighted by atomic mass is 35.5. The van der Waals surface area contributed by atoms with Gasteiger partial charge in [-0.1, -0.05) is 48.0 Å². The van der Waals surface area contributed by atoms with E-state index in [1.807, 2.05) is 48.5 Å². The molecule has 3 aromatic rings. The average Bonchev–Trinajstić information content (AvgIpc) is 3.29. The Morgan fingerprint density at radius 1 is 1.07 bits per heavy atom. The first-order valence-electron chi connectivity index (χ1n) is 9.96. The van der Waals surface area contributed by atoms with Crippen LogP contribution in [0.4, 0.5) is 0 Å². The van der Waals surface area contributed by atoms with Gasteiger partial charge in [-0.15, -0.1) is 0 Å². The zero-order chi connectivity index (χ0) is 20.9. The number of pyridine rings is 1. The lowest BCUT2D eigenvalue weighted by Crippen LogP contribution is -2.45. The fourth-order valence-corrected chi connectivity index (χ4v) is 3.92. The normalized spacial score (nSPS) is 15.8. The third-order valence-electron chi connectivity index (χ3n) is 5.33. The number of aromatic nitrogens is 1. The molecule has 0 radical (unpaired) electrons. The molecule has 152 valence electrons. The predicted octanol–water partition coefficient (Wildman–Crippen LogP) is 4.32. The average molecular weight is 420 g/mol. The van der Waals surface area contributed by atoms with E-state index in [-0.39, 0.29) is 11.8 Å². The molecule has 0 aliphatic carbocycles. The highest BCUT2D eigenvalue weighted by Crippen LogP contribution is 2.27. The van der Waals surface area contributed by atoms with Gasteiger partial charge in [-0.25, -0.2) is 0 Å². The third kappa shape index (κ3) is 4.36. The Labute approximate surface area is 180 Å². The van der Waals surface area contributed by atoms with E-state index in [2.05, 4.69) is 10.3 Å². The predicted molar refractivity (Wildman–Crippen MR) is 117 cm³/mol. The molecular formula is C24H22ClN3O2. The number of rotatable bonds is 5. The smallest absolute Gasteiger partial charge is 0.255 e. The minimum atomic E-state index is -0.466. The zero-order valence-corrected chi connectivity index (χ0v) is 17.2. The molecule has 2 aromatic carbocycles. The number of likely N-dealkylation sites (tertiary alicyclic amines) is 1. The van der Waals surface area contributed by atoms with E-state index in [0.29, 0.717) is 30.1 Å². The maximum absolute atomic E-state index is 13.4. The van der Waals surface area contributed by atoms with E-state index in [4.69, 9.17) is 11.6 Å². The second-order valence-corrected chi connectivity index (χ2v) is 7.72. The monoisotopic (exact) mass is 419 g/mol. The van der Waals surface area contributed by atoms with Gasteiger partial charge >= 0.3 is 0 Å². The molecule has 5 nitrogen and oxygen atoms in total. The number of benzene rings is 2. The van der Waals surface area contributed by atoms with Crippen LogP contribution < -0.4 is 5.32 Å². The minimum Gasteiger partial charge on any atom is -0.350 e. The number of carbonyl (C=O) groups is 2. The van der Waals surface area contributed by atoms with Gasteiger partial charge in [-0.3, -0.25) is 14.6 Å². The molecule has 0 bridgehead atoms. The van der Waals surface area contributed by atoms with Crippen molar-refractivity contribution in [3.63, 3.8) is 0 Å². The van der Waals surface area contributed by atoms with Gasteiger partial charge < -0.3 is 10.2 Å². The van der Waals surface area contributed by atoms with Crippen LogP contribution in [0.15, 0.2) is 73.1 Å². The number of amides is 2. The van der Waals surface area contributed by atoms with Crippen LogP contribution in [0.5, 0.6) is 0 Å². The molecule has 6 heteroatoms. The van der Waals surface area contributed by atoms with Gasteiger partial charge in [0.05, 0.1) is 0 Å². The fraction of sp³-hybridized carbons (Fsp3) is 0.208. The number of carbonyl (C=O) groups excluding carboxylic acids is 2. The van der Waals surface area contributed by atoms with Crippen molar-refractivity contribution in [1.29, 1.82) is 0 Å². The van der Waals surface area contributed by atoms with Gasteiger partial charge in [0.1, 0.15) is 6.04 Å². The summed E-state index contributed by atoms with van der Waals surface area (Å²) in [7, 11) is 0. The van der Waals surface area contributed by atoms with Crippen LogP contribution in [0.3, 0.4) is 0 Å². The Morgan fingerprint density at radius 3 is 2.63 bits per heavy atom. The molecule has 1 aliphatic rings. The SMILES string of the molecule is O=C(NCc1ccc(Cl)cc1)C1CCCN1C(=O)c1ccccc1-c1cccnc1. The molecular weight excluding hydrogens is 398 g/mol. The van der Waals surface area contributed by atoms with Crippen LogP contribution in [0.1, 0.15) is 28.8 Å². The summed E-state index contributed by atoms with van der Waals surface area (Å²) in [5.74, 6) is -0.256. The van der Waals surface area contributed by atoms with Crippen LogP contribution in [-0.4, -0.2) is 34.3 Å². The number of halogens is 1. The van der Waals surface area contributed by atoms with Crippen molar-refractivity contribution in [3.05, 3.63) is 89.2 Å². The van der Waals surface area contributed by atoms with Crippen LogP contribution in [0, 0.1) is 0 Å². The quantitative estimate of drug-likeness (QED) is 0.669. The number of nitrogens with one attached hydrogen (secondary N) is 1. The van der Waals surface area contributed by atoms with Crippen molar-refractivity contribution in [1.82, 2.24) is 15.2 Å². The molecule has 2 amide bonds. The van der Waals surface area contributed by atoms with Gasteiger partial charge in [0.25, 0.3) is 5.91 Å². The lowest BCUT2D eigenvalue weighted by Gasteiger charge is -2.25. The topological polar surface area (TPSA) is 62.3 Å². The molecule has 30 heavy (non-hydrogen) atoms. The third-order valence-corrected chi connectivity index (χ3v) is 5.58. The van der Waals surface area contributed by atoms with Gasteiger partial charge in [0.2, 0.25) is 5.91 Å². The summed E-state index contributed by atoms with van der Waals surface area (Å²) in [5, 5.41) is 3.61. The molecule has 1 fully saturated rings. The Balaban J connectivity index is 1.50. The standard InChI is InChI=1S/C24H22ClN3O2/c25-19-11-9-17(10-12-19)15-27-23(29)22-8-4-14-28(22)24(30)21-7-2-1-6-20(21)18-5-3-13-26-16-18/h1-3,5-7,9-13,16,22H,4,8,14-15H2,(H,27,29). The van der Waals surface area contributed by atoms with Crippen LogP contribution in [-0.2, 0) is 11.3 Å². The van der Waals surface area contributed by atoms with Gasteiger partial charge in [0, 0.05) is 41.6 Å². The Morgan fingerprint density at radius 2 is 1.87 bits per heavy atom. The minimum absolute atomic E-state index is 0.126. The molecule has 1 atom stereocenters. The molecule has 2 heterocycles. The summed E-state index contributed by atoms with van der Waals surface area (Å²) >= 11 is 5.91. The van der Waals surface area contributed by atoms with E-state index in [1.165, 1.54) is 0 Å². The van der Waals surface area contributed by atoms with Crippen molar-refractivity contribution >= 4 is 23.4 Å². The summed E-state index contributed by atoms with van der Waals surface area (Å²) in [6, 6.07) is 18.1. The second kappa shape index (κ2) is 9.09. The van der Waals surface area contributed by atoms with E-state index in [1.54, 1.807) is 29.4 Å². The first-order chi connectivity index (χ1) is 14.6. The number of nitrogens with zero attached hydrogens (tertiary/aromatic N) is 2. The molecule has 0 saturated carbocycles. The van der Waals surface area contributed by atoms with Crippen molar-refractivity contribution in [2.45, 2.75) is 25.4 Å². The highest BCUT2D eigenvalue weighted by Gasteiger charge is 2.35. The maximum atomic E-state index is 13.4.